The first-order valence-corrected chi connectivity index (χ1v) is 20.7. The molecule has 0 fully saturated rings. The number of rotatable bonds is 35. The van der Waals surface area contributed by atoms with Gasteiger partial charge in [-0.05, 0) is 57.8 Å². The standard InChI is InChI=1S/C46H75NO7/c1-6-8-10-12-14-16-18-20-21-22-23-24-25-27-28-30-32-34-36-44(48)53-41-42(40-52-39-38-43(46(50)51)47(3,4)5)54-45(49)37-35-33-31-29-26-19-17-15-13-11-9-7-2/h9-12,14-18,20-24,42-43H,6-8,13,19,25-41H2,1-5H3/b11-9+,12-10+,16-14+,17-15+,20-18+,22-21+,24-23+. The average Bonchev–Trinajstić information content (AvgIpc) is 3.12. The van der Waals surface area contributed by atoms with Gasteiger partial charge in [-0.2, -0.15) is 0 Å². The number of carbonyl (C=O) groups excluding carboxylic acids is 3. The molecule has 0 saturated heterocycles. The van der Waals surface area contributed by atoms with E-state index in [0.717, 1.165) is 96.3 Å². The third-order valence-corrected chi connectivity index (χ3v) is 8.62. The Morgan fingerprint density at radius 2 is 1.11 bits per heavy atom. The van der Waals surface area contributed by atoms with Crippen LogP contribution < -0.4 is 5.11 Å². The van der Waals surface area contributed by atoms with Crippen LogP contribution in [0.4, 0.5) is 0 Å². The van der Waals surface area contributed by atoms with E-state index in [1.165, 1.54) is 6.42 Å². The van der Waals surface area contributed by atoms with Crippen LogP contribution in [0, 0.1) is 0 Å². The number of hydrogen-bond acceptors (Lipinski definition) is 7. The van der Waals surface area contributed by atoms with Gasteiger partial charge in [0.15, 0.2) is 6.10 Å². The van der Waals surface area contributed by atoms with Gasteiger partial charge < -0.3 is 28.6 Å². The number of quaternary nitrogens is 1. The number of unbranched alkanes of at least 4 members (excludes halogenated alkanes) is 11. The lowest BCUT2D eigenvalue weighted by Gasteiger charge is -2.34. The van der Waals surface area contributed by atoms with Gasteiger partial charge in [0.05, 0.1) is 40.3 Å². The summed E-state index contributed by atoms with van der Waals surface area (Å²) in [6.45, 7) is 4.39. The van der Waals surface area contributed by atoms with Crippen LogP contribution >= 0.6 is 0 Å². The Morgan fingerprint density at radius 1 is 0.593 bits per heavy atom. The average molecular weight is 754 g/mol. The van der Waals surface area contributed by atoms with Crippen molar-refractivity contribution in [2.24, 2.45) is 0 Å². The highest BCUT2D eigenvalue weighted by Crippen LogP contribution is 2.12. The molecule has 0 N–H and O–H groups in total. The van der Waals surface area contributed by atoms with E-state index in [9.17, 15) is 19.5 Å². The molecule has 0 heterocycles. The summed E-state index contributed by atoms with van der Waals surface area (Å²) >= 11 is 0. The predicted octanol–water partition coefficient (Wildman–Crippen LogP) is 9.63. The summed E-state index contributed by atoms with van der Waals surface area (Å²) < 4.78 is 17.1. The van der Waals surface area contributed by atoms with Crippen molar-refractivity contribution < 1.29 is 38.2 Å². The molecular weight excluding hydrogens is 679 g/mol. The van der Waals surface area contributed by atoms with E-state index < -0.39 is 18.1 Å². The minimum absolute atomic E-state index is 0.0208. The maximum atomic E-state index is 12.7. The lowest BCUT2D eigenvalue weighted by atomic mass is 10.1. The number of likely N-dealkylation sites (N-methyl/N-ethyl adjacent to an activating group) is 1. The fraction of sp³-hybridized carbons (Fsp3) is 0.630. The zero-order chi connectivity index (χ0) is 40.0. The molecule has 0 saturated carbocycles. The van der Waals surface area contributed by atoms with Crippen molar-refractivity contribution in [3.63, 3.8) is 0 Å². The van der Waals surface area contributed by atoms with Crippen molar-refractivity contribution in [1.82, 2.24) is 0 Å². The molecule has 306 valence electrons. The molecule has 2 atom stereocenters. The molecule has 0 bridgehead atoms. The first kappa shape index (κ1) is 50.5. The molecule has 0 aromatic carbocycles. The van der Waals surface area contributed by atoms with Crippen LogP contribution in [0.2, 0.25) is 0 Å². The third-order valence-electron chi connectivity index (χ3n) is 8.62. The molecule has 0 aromatic heterocycles. The summed E-state index contributed by atoms with van der Waals surface area (Å²) in [6.07, 6.45) is 46.0. The van der Waals surface area contributed by atoms with Crippen molar-refractivity contribution in [2.75, 3.05) is 41.0 Å². The fourth-order valence-corrected chi connectivity index (χ4v) is 5.43. The lowest BCUT2D eigenvalue weighted by Crippen LogP contribution is -2.55. The zero-order valence-corrected chi connectivity index (χ0v) is 34.6. The normalized spacial score (nSPS) is 13.9. The maximum Gasteiger partial charge on any atom is 0.306 e. The largest absolute Gasteiger partial charge is 0.544 e. The highest BCUT2D eigenvalue weighted by molar-refractivity contribution is 5.70. The summed E-state index contributed by atoms with van der Waals surface area (Å²) in [5.41, 5.74) is 0. The minimum Gasteiger partial charge on any atom is -0.544 e. The number of ether oxygens (including phenoxy) is 3. The minimum atomic E-state index is -1.14. The molecule has 8 nitrogen and oxygen atoms in total. The Balaban J connectivity index is 4.46. The van der Waals surface area contributed by atoms with Gasteiger partial charge in [-0.15, -0.1) is 0 Å². The molecule has 54 heavy (non-hydrogen) atoms. The highest BCUT2D eigenvalue weighted by Gasteiger charge is 2.25. The van der Waals surface area contributed by atoms with Crippen molar-refractivity contribution in [3.8, 4) is 0 Å². The Labute approximate surface area is 329 Å². The Morgan fingerprint density at radius 3 is 1.69 bits per heavy atom. The molecule has 0 rings (SSSR count). The van der Waals surface area contributed by atoms with Gasteiger partial charge in [-0.3, -0.25) is 9.59 Å². The molecule has 8 heteroatoms. The van der Waals surface area contributed by atoms with Crippen molar-refractivity contribution >= 4 is 17.9 Å². The van der Waals surface area contributed by atoms with E-state index in [-0.39, 0.29) is 42.7 Å². The predicted molar refractivity (Wildman–Crippen MR) is 222 cm³/mol. The molecule has 0 spiro atoms. The van der Waals surface area contributed by atoms with E-state index >= 15 is 0 Å². The maximum absolute atomic E-state index is 12.7. The van der Waals surface area contributed by atoms with Crippen LogP contribution in [0.5, 0.6) is 0 Å². The van der Waals surface area contributed by atoms with Gasteiger partial charge in [0.2, 0.25) is 0 Å². The summed E-state index contributed by atoms with van der Waals surface area (Å²) in [5, 5.41) is 11.6. The number of nitrogens with zero attached hydrogens (tertiary/aromatic N) is 1. The molecule has 2 unspecified atom stereocenters. The fourth-order valence-electron chi connectivity index (χ4n) is 5.43. The van der Waals surface area contributed by atoms with Crippen molar-refractivity contribution in [2.45, 2.75) is 148 Å². The van der Waals surface area contributed by atoms with E-state index in [1.807, 2.05) is 36.5 Å². The molecule has 0 aliphatic carbocycles. The van der Waals surface area contributed by atoms with Gasteiger partial charge in [0.1, 0.15) is 12.6 Å². The van der Waals surface area contributed by atoms with Gasteiger partial charge >= 0.3 is 11.9 Å². The zero-order valence-electron chi connectivity index (χ0n) is 34.6. The number of allylic oxidation sites excluding steroid dienone is 14. The monoisotopic (exact) mass is 754 g/mol. The van der Waals surface area contributed by atoms with Gasteiger partial charge in [-0.1, -0.05) is 144 Å². The number of carbonyl (C=O) groups is 3. The molecule has 0 aliphatic heterocycles. The molecule has 0 aromatic rings. The number of esters is 2. The van der Waals surface area contributed by atoms with E-state index in [1.54, 1.807) is 21.1 Å². The van der Waals surface area contributed by atoms with E-state index in [2.05, 4.69) is 62.5 Å². The number of aliphatic carboxylic acids is 1. The molecule has 0 radical (unpaired) electrons. The van der Waals surface area contributed by atoms with Gasteiger partial charge in [0, 0.05) is 19.3 Å². The molecule has 0 amide bonds. The van der Waals surface area contributed by atoms with Crippen LogP contribution in [0.1, 0.15) is 136 Å². The second kappa shape index (κ2) is 36.5. The van der Waals surface area contributed by atoms with Crippen LogP contribution in [0.3, 0.4) is 0 Å². The van der Waals surface area contributed by atoms with Crippen molar-refractivity contribution in [3.05, 3.63) is 85.1 Å². The van der Waals surface area contributed by atoms with Crippen LogP contribution in [0.15, 0.2) is 85.1 Å². The van der Waals surface area contributed by atoms with E-state index in [4.69, 9.17) is 14.2 Å². The topological polar surface area (TPSA) is 102 Å². The highest BCUT2D eigenvalue weighted by atomic mass is 16.6. The Kier molecular flexibility index (Phi) is 34.1. The summed E-state index contributed by atoms with van der Waals surface area (Å²) in [5.74, 6) is -1.80. The number of hydrogen-bond donors (Lipinski definition) is 0. The Bertz CT molecular complexity index is 1160. The quantitative estimate of drug-likeness (QED) is 0.0209. The van der Waals surface area contributed by atoms with E-state index in [0.29, 0.717) is 12.8 Å². The second-order valence-corrected chi connectivity index (χ2v) is 14.6. The summed E-state index contributed by atoms with van der Waals surface area (Å²) in [4.78, 5) is 36.8. The van der Waals surface area contributed by atoms with Crippen LogP contribution in [0.25, 0.3) is 0 Å². The van der Waals surface area contributed by atoms with Crippen LogP contribution in [-0.4, -0.2) is 75.5 Å². The summed E-state index contributed by atoms with van der Waals surface area (Å²) in [6, 6.07) is -0.736. The van der Waals surface area contributed by atoms with Crippen LogP contribution in [-0.2, 0) is 28.6 Å². The first-order chi connectivity index (χ1) is 26.1. The SMILES string of the molecule is CC/C=C/C/C=C/CCCCCCCC(=O)OC(COCCC(C(=O)[O-])[N+](C)(C)C)COC(=O)CCCCCCC/C=C/C=C/C=C/C=C/C=C/CCC. The number of carboxylic acids is 1. The van der Waals surface area contributed by atoms with Gasteiger partial charge in [0.25, 0.3) is 0 Å². The van der Waals surface area contributed by atoms with Crippen molar-refractivity contribution in [1.29, 1.82) is 0 Å². The Hall–Kier alpha value is -3.49. The smallest absolute Gasteiger partial charge is 0.306 e. The lowest BCUT2D eigenvalue weighted by molar-refractivity contribution is -0.889. The third kappa shape index (κ3) is 34.3. The first-order valence-electron chi connectivity index (χ1n) is 20.7. The summed E-state index contributed by atoms with van der Waals surface area (Å²) in [7, 11) is 5.37. The molecular formula is C46H75NO7. The van der Waals surface area contributed by atoms with Gasteiger partial charge in [-0.25, -0.2) is 0 Å². The second-order valence-electron chi connectivity index (χ2n) is 14.6. The number of carboxylic acid groups (broad SMARTS) is 1. The molecule has 0 aliphatic rings.